The molecule has 0 aromatic heterocycles. The predicted molar refractivity (Wildman–Crippen MR) is 82.3 cm³/mol. The summed E-state index contributed by atoms with van der Waals surface area (Å²) in [7, 11) is 0. The summed E-state index contributed by atoms with van der Waals surface area (Å²) in [6.45, 7) is 1.40. The summed E-state index contributed by atoms with van der Waals surface area (Å²) in [4.78, 5) is 14.4. The van der Waals surface area contributed by atoms with Gasteiger partial charge in [-0.05, 0) is 25.0 Å². The molecule has 1 aliphatic rings. The quantitative estimate of drug-likeness (QED) is 0.810. The Morgan fingerprint density at radius 2 is 1.77 bits per heavy atom. The molecule has 1 heterocycles. The standard InChI is InChI=1S/C15H19F3N2OS/c16-15(17,18)11-22-13-8-4-3-7-12(13)19-14(21)20-9-5-1-2-6-10-20/h3-4,7-8H,1-2,5-6,9-11H2,(H,19,21). The minimum absolute atomic E-state index is 0.234. The van der Waals surface area contributed by atoms with Crippen molar-refractivity contribution in [2.24, 2.45) is 0 Å². The summed E-state index contributed by atoms with van der Waals surface area (Å²) in [6, 6.07) is 6.36. The van der Waals surface area contributed by atoms with Crippen LogP contribution in [0.1, 0.15) is 25.7 Å². The normalized spacial score (nSPS) is 16.2. The number of hydrogen-bond donors (Lipinski definition) is 1. The van der Waals surface area contributed by atoms with E-state index in [1.165, 1.54) is 0 Å². The molecule has 1 aliphatic heterocycles. The smallest absolute Gasteiger partial charge is 0.325 e. The van der Waals surface area contributed by atoms with E-state index in [-0.39, 0.29) is 6.03 Å². The summed E-state index contributed by atoms with van der Waals surface area (Å²) in [5, 5.41) is 2.74. The topological polar surface area (TPSA) is 32.3 Å². The molecule has 0 spiro atoms. The number of nitrogens with one attached hydrogen (secondary N) is 1. The highest BCUT2D eigenvalue weighted by Gasteiger charge is 2.28. The van der Waals surface area contributed by atoms with Gasteiger partial charge in [-0.2, -0.15) is 13.2 Å². The zero-order valence-electron chi connectivity index (χ0n) is 12.2. The van der Waals surface area contributed by atoms with Crippen LogP contribution in [-0.4, -0.2) is 35.9 Å². The molecule has 2 amide bonds. The number of nitrogens with zero attached hydrogens (tertiary/aromatic N) is 1. The van der Waals surface area contributed by atoms with Gasteiger partial charge in [0.15, 0.2) is 0 Å². The Morgan fingerprint density at radius 1 is 1.14 bits per heavy atom. The van der Waals surface area contributed by atoms with Crippen LogP contribution in [0.3, 0.4) is 0 Å². The molecular formula is C15H19F3N2OS. The monoisotopic (exact) mass is 332 g/mol. The SMILES string of the molecule is O=C(Nc1ccccc1SCC(F)(F)F)N1CCCCCC1. The van der Waals surface area contributed by atoms with Gasteiger partial charge in [0.25, 0.3) is 0 Å². The molecule has 1 fully saturated rings. The molecule has 1 N–H and O–H groups in total. The van der Waals surface area contributed by atoms with Crippen LogP contribution in [0.4, 0.5) is 23.7 Å². The van der Waals surface area contributed by atoms with E-state index in [1.807, 2.05) is 0 Å². The third-order valence-electron chi connectivity index (χ3n) is 3.41. The number of anilines is 1. The first-order chi connectivity index (χ1) is 10.5. The molecule has 122 valence electrons. The van der Waals surface area contributed by atoms with Gasteiger partial charge in [-0.15, -0.1) is 11.8 Å². The van der Waals surface area contributed by atoms with Crippen LogP contribution >= 0.6 is 11.8 Å². The molecule has 0 bridgehead atoms. The molecule has 0 radical (unpaired) electrons. The van der Waals surface area contributed by atoms with Crippen molar-refractivity contribution in [1.29, 1.82) is 0 Å². The van der Waals surface area contributed by atoms with E-state index in [1.54, 1.807) is 29.2 Å². The molecule has 3 nitrogen and oxygen atoms in total. The molecule has 0 atom stereocenters. The zero-order chi connectivity index (χ0) is 16.0. The van der Waals surface area contributed by atoms with Gasteiger partial charge in [0.2, 0.25) is 0 Å². The zero-order valence-corrected chi connectivity index (χ0v) is 13.0. The highest BCUT2D eigenvalue weighted by atomic mass is 32.2. The van der Waals surface area contributed by atoms with Crippen LogP contribution in [-0.2, 0) is 0 Å². The first kappa shape index (κ1) is 17.0. The maximum atomic E-state index is 12.4. The number of para-hydroxylation sites is 1. The van der Waals surface area contributed by atoms with Crippen molar-refractivity contribution in [3.63, 3.8) is 0 Å². The van der Waals surface area contributed by atoms with E-state index in [2.05, 4.69) is 5.32 Å². The van der Waals surface area contributed by atoms with Gasteiger partial charge in [0.1, 0.15) is 0 Å². The third kappa shape index (κ3) is 5.44. The van der Waals surface area contributed by atoms with Gasteiger partial charge in [-0.25, -0.2) is 4.79 Å². The Morgan fingerprint density at radius 3 is 2.41 bits per heavy atom. The first-order valence-electron chi connectivity index (χ1n) is 7.30. The molecule has 0 unspecified atom stereocenters. The summed E-state index contributed by atoms with van der Waals surface area (Å²) in [6.07, 6.45) is -0.0635. The minimum atomic E-state index is -4.23. The lowest BCUT2D eigenvalue weighted by molar-refractivity contribution is -0.105. The van der Waals surface area contributed by atoms with Gasteiger partial charge in [0.05, 0.1) is 11.4 Å². The Hall–Kier alpha value is -1.37. The lowest BCUT2D eigenvalue weighted by Gasteiger charge is -2.21. The van der Waals surface area contributed by atoms with Gasteiger partial charge in [-0.1, -0.05) is 25.0 Å². The van der Waals surface area contributed by atoms with Crippen molar-refractivity contribution in [2.75, 3.05) is 24.2 Å². The van der Waals surface area contributed by atoms with E-state index < -0.39 is 11.9 Å². The number of thioether (sulfide) groups is 1. The summed E-state index contributed by atoms with van der Waals surface area (Å²) in [5.41, 5.74) is 0.436. The van der Waals surface area contributed by atoms with E-state index >= 15 is 0 Å². The highest BCUT2D eigenvalue weighted by Crippen LogP contribution is 2.32. The number of halogens is 3. The molecule has 1 aromatic rings. The number of rotatable bonds is 3. The Kier molecular flexibility index (Phi) is 5.99. The Bertz CT molecular complexity index is 500. The molecule has 1 saturated heterocycles. The predicted octanol–water partition coefficient (Wildman–Crippen LogP) is 4.75. The van der Waals surface area contributed by atoms with E-state index in [4.69, 9.17) is 0 Å². The second-order valence-electron chi connectivity index (χ2n) is 5.23. The summed E-state index contributed by atoms with van der Waals surface area (Å²) < 4.78 is 37.1. The van der Waals surface area contributed by atoms with Crippen LogP contribution in [0.2, 0.25) is 0 Å². The van der Waals surface area contributed by atoms with Gasteiger partial charge >= 0.3 is 12.2 Å². The second-order valence-corrected chi connectivity index (χ2v) is 6.25. The Balaban J connectivity index is 2.00. The van der Waals surface area contributed by atoms with Crippen LogP contribution in [0.15, 0.2) is 29.2 Å². The average Bonchev–Trinajstić information content (AvgIpc) is 2.74. The molecule has 0 aliphatic carbocycles. The van der Waals surface area contributed by atoms with Gasteiger partial charge in [0, 0.05) is 18.0 Å². The van der Waals surface area contributed by atoms with E-state index in [9.17, 15) is 18.0 Å². The number of amides is 2. The Labute approximate surface area is 132 Å². The van der Waals surface area contributed by atoms with Gasteiger partial charge in [-0.3, -0.25) is 0 Å². The maximum absolute atomic E-state index is 12.4. The number of alkyl halides is 3. The van der Waals surface area contributed by atoms with Crippen molar-refractivity contribution in [1.82, 2.24) is 4.90 Å². The van der Waals surface area contributed by atoms with Crippen LogP contribution in [0.25, 0.3) is 0 Å². The van der Waals surface area contributed by atoms with Crippen molar-refractivity contribution in [3.8, 4) is 0 Å². The molecular weight excluding hydrogens is 313 g/mol. The maximum Gasteiger partial charge on any atom is 0.398 e. The fraction of sp³-hybridized carbons (Fsp3) is 0.533. The lowest BCUT2D eigenvalue weighted by Crippen LogP contribution is -2.35. The fourth-order valence-electron chi connectivity index (χ4n) is 2.32. The molecule has 1 aromatic carbocycles. The lowest BCUT2D eigenvalue weighted by atomic mass is 10.2. The summed E-state index contributed by atoms with van der Waals surface area (Å²) >= 11 is 0.689. The van der Waals surface area contributed by atoms with Crippen molar-refractivity contribution < 1.29 is 18.0 Å². The molecule has 0 saturated carbocycles. The van der Waals surface area contributed by atoms with Crippen molar-refractivity contribution in [2.45, 2.75) is 36.8 Å². The largest absolute Gasteiger partial charge is 0.398 e. The third-order valence-corrected chi connectivity index (χ3v) is 4.55. The first-order valence-corrected chi connectivity index (χ1v) is 8.29. The van der Waals surface area contributed by atoms with Crippen LogP contribution < -0.4 is 5.32 Å². The molecule has 7 heteroatoms. The molecule has 2 rings (SSSR count). The number of likely N-dealkylation sites (tertiary alicyclic amines) is 1. The van der Waals surface area contributed by atoms with E-state index in [0.29, 0.717) is 35.4 Å². The minimum Gasteiger partial charge on any atom is -0.325 e. The fourth-order valence-corrected chi connectivity index (χ4v) is 3.09. The van der Waals surface area contributed by atoms with Gasteiger partial charge < -0.3 is 10.2 Å². The number of carbonyl (C=O) groups is 1. The number of carbonyl (C=O) groups excluding carboxylic acids is 1. The van der Waals surface area contributed by atoms with Crippen LogP contribution in [0.5, 0.6) is 0 Å². The van der Waals surface area contributed by atoms with Crippen LogP contribution in [0, 0.1) is 0 Å². The summed E-state index contributed by atoms with van der Waals surface area (Å²) in [5.74, 6) is -0.969. The highest BCUT2D eigenvalue weighted by molar-refractivity contribution is 7.99. The number of benzene rings is 1. The molecule has 22 heavy (non-hydrogen) atoms. The number of urea groups is 1. The number of hydrogen-bond acceptors (Lipinski definition) is 2. The average molecular weight is 332 g/mol. The van der Waals surface area contributed by atoms with Crippen molar-refractivity contribution in [3.05, 3.63) is 24.3 Å². The van der Waals surface area contributed by atoms with Crippen molar-refractivity contribution >= 4 is 23.5 Å². The van der Waals surface area contributed by atoms with E-state index in [0.717, 1.165) is 25.7 Å². The second kappa shape index (κ2) is 7.76.